The van der Waals surface area contributed by atoms with Gasteiger partial charge < -0.3 is 9.47 Å². The molecule has 1 aromatic heterocycles. The number of ether oxygens (including phenoxy) is 2. The van der Waals surface area contributed by atoms with E-state index in [1.165, 1.54) is 4.68 Å². The fourth-order valence-corrected chi connectivity index (χ4v) is 5.83. The first-order valence-electron chi connectivity index (χ1n) is 13.6. The smallest absolute Gasteiger partial charge is 0.282 e. The van der Waals surface area contributed by atoms with Gasteiger partial charge in [-0.1, -0.05) is 67.4 Å². The van der Waals surface area contributed by atoms with Crippen molar-refractivity contribution in [2.75, 3.05) is 7.11 Å². The van der Waals surface area contributed by atoms with Crippen LogP contribution in [0.5, 0.6) is 11.5 Å². The van der Waals surface area contributed by atoms with Crippen LogP contribution in [0.4, 0.5) is 0 Å². The summed E-state index contributed by atoms with van der Waals surface area (Å²) in [4.78, 5) is 18.8. The predicted octanol–water partition coefficient (Wildman–Crippen LogP) is 8.69. The first-order chi connectivity index (χ1) is 20.2. The van der Waals surface area contributed by atoms with Gasteiger partial charge in [0.25, 0.3) is 5.56 Å². The van der Waals surface area contributed by atoms with Crippen LogP contribution in [0.25, 0.3) is 22.3 Å². The second-order valence-corrected chi connectivity index (χ2v) is 11.8. The average Bonchev–Trinajstić information content (AvgIpc) is 2.95. The molecule has 42 heavy (non-hydrogen) atoms. The monoisotopic (exact) mass is 643 g/mol. The molecule has 4 aromatic carbocycles. The van der Waals surface area contributed by atoms with Crippen LogP contribution in [-0.2, 0) is 6.61 Å². The lowest BCUT2D eigenvalue weighted by molar-refractivity contribution is 0.304. The third kappa shape index (κ3) is 6.13. The summed E-state index contributed by atoms with van der Waals surface area (Å²) in [5, 5.41) is 5.67. The number of benzene rings is 4. The van der Waals surface area contributed by atoms with Crippen molar-refractivity contribution >= 4 is 44.6 Å². The Morgan fingerprint density at radius 1 is 1.05 bits per heavy atom. The number of halogens is 2. The molecule has 0 fully saturated rings. The van der Waals surface area contributed by atoms with E-state index < -0.39 is 0 Å². The molecule has 0 aliphatic heterocycles. The van der Waals surface area contributed by atoms with Gasteiger partial charge in [0, 0.05) is 16.1 Å². The lowest BCUT2D eigenvalue weighted by Crippen LogP contribution is -2.21. The van der Waals surface area contributed by atoms with Crippen LogP contribution in [0.3, 0.4) is 0 Å². The van der Waals surface area contributed by atoms with E-state index in [2.05, 4.69) is 35.8 Å². The first-order valence-corrected chi connectivity index (χ1v) is 14.8. The number of aromatic nitrogens is 2. The van der Waals surface area contributed by atoms with Gasteiger partial charge in [0.05, 0.1) is 28.7 Å². The zero-order valence-electron chi connectivity index (χ0n) is 24.1. The minimum atomic E-state index is -0.281. The second-order valence-electron chi connectivity index (χ2n) is 10.5. The van der Waals surface area contributed by atoms with Gasteiger partial charge in [-0.05, 0) is 88.8 Å². The fourth-order valence-electron chi connectivity index (χ4n) is 4.88. The number of hydrogen-bond acceptors (Lipinski definition) is 5. The van der Waals surface area contributed by atoms with Crippen LogP contribution in [0.2, 0.25) is 5.02 Å². The Kier molecular flexibility index (Phi) is 8.80. The number of nitrogens with zero attached hydrogens (tertiary/aromatic N) is 3. The van der Waals surface area contributed by atoms with Gasteiger partial charge in [-0.2, -0.15) is 9.78 Å². The third-order valence-corrected chi connectivity index (χ3v) is 7.82. The zero-order chi connectivity index (χ0) is 30.0. The highest BCUT2D eigenvalue weighted by Gasteiger charge is 2.19. The van der Waals surface area contributed by atoms with Gasteiger partial charge in [0.2, 0.25) is 0 Å². The summed E-state index contributed by atoms with van der Waals surface area (Å²) in [7, 11) is 1.66. The van der Waals surface area contributed by atoms with E-state index >= 15 is 0 Å². The fraction of sp³-hybridized carbons (Fsp3) is 0.206. The summed E-state index contributed by atoms with van der Waals surface area (Å²) in [6.07, 6.45) is 1.59. The largest absolute Gasteiger partial charge is 0.496 e. The van der Waals surface area contributed by atoms with E-state index in [0.717, 1.165) is 33.6 Å². The van der Waals surface area contributed by atoms with Crippen LogP contribution < -0.4 is 15.0 Å². The topological polar surface area (TPSA) is 65.7 Å². The quantitative estimate of drug-likeness (QED) is 0.159. The Bertz CT molecular complexity index is 1880. The minimum absolute atomic E-state index is 0.195. The molecule has 1 heterocycles. The molecule has 6 nitrogen and oxygen atoms in total. The Balaban J connectivity index is 1.66. The molecule has 0 aliphatic rings. The van der Waals surface area contributed by atoms with Crippen molar-refractivity contribution in [3.05, 3.63) is 120 Å². The van der Waals surface area contributed by atoms with Crippen LogP contribution in [0.15, 0.2) is 87.2 Å². The maximum absolute atomic E-state index is 13.9. The van der Waals surface area contributed by atoms with Crippen LogP contribution in [0, 0.1) is 13.8 Å². The summed E-state index contributed by atoms with van der Waals surface area (Å²) in [5.74, 6) is 1.99. The second kappa shape index (κ2) is 12.5. The van der Waals surface area contributed by atoms with E-state index in [-0.39, 0.29) is 11.5 Å². The van der Waals surface area contributed by atoms with Crippen molar-refractivity contribution < 1.29 is 9.47 Å². The van der Waals surface area contributed by atoms with E-state index in [9.17, 15) is 4.79 Å². The molecule has 0 unspecified atom stereocenters. The van der Waals surface area contributed by atoms with Crippen molar-refractivity contribution in [3.63, 3.8) is 0 Å². The molecule has 0 radical (unpaired) electrons. The molecule has 0 saturated carbocycles. The Morgan fingerprint density at radius 2 is 1.83 bits per heavy atom. The summed E-state index contributed by atoms with van der Waals surface area (Å²) < 4.78 is 13.9. The Morgan fingerprint density at radius 3 is 2.57 bits per heavy atom. The first kappa shape index (κ1) is 29.5. The van der Waals surface area contributed by atoms with Crippen molar-refractivity contribution in [3.8, 4) is 22.9 Å². The number of fused-ring (bicyclic) bond motifs is 1. The van der Waals surface area contributed by atoms with Gasteiger partial charge >= 0.3 is 0 Å². The maximum atomic E-state index is 13.9. The van der Waals surface area contributed by atoms with E-state index in [1.54, 1.807) is 31.5 Å². The molecule has 5 rings (SSSR count). The van der Waals surface area contributed by atoms with Crippen molar-refractivity contribution in [1.29, 1.82) is 0 Å². The molecular formula is C34H31BrClN3O3. The summed E-state index contributed by atoms with van der Waals surface area (Å²) >= 11 is 10.0. The Hall–Kier alpha value is -3.94. The molecule has 0 N–H and O–H groups in total. The highest BCUT2D eigenvalue weighted by molar-refractivity contribution is 9.10. The molecule has 0 aliphatic carbocycles. The maximum Gasteiger partial charge on any atom is 0.282 e. The lowest BCUT2D eigenvalue weighted by atomic mass is 9.96. The number of methoxy groups -OCH3 is 1. The van der Waals surface area contributed by atoms with Gasteiger partial charge in [0.1, 0.15) is 18.1 Å². The molecule has 0 amide bonds. The lowest BCUT2D eigenvalue weighted by Gasteiger charge is -2.17. The van der Waals surface area contributed by atoms with Crippen molar-refractivity contribution in [2.24, 2.45) is 5.10 Å². The number of hydrogen-bond donors (Lipinski definition) is 0. The molecule has 8 heteroatoms. The van der Waals surface area contributed by atoms with Crippen LogP contribution >= 0.6 is 27.5 Å². The predicted molar refractivity (Wildman–Crippen MR) is 174 cm³/mol. The van der Waals surface area contributed by atoms with Crippen molar-refractivity contribution in [2.45, 2.75) is 40.2 Å². The Labute approximate surface area is 258 Å². The zero-order valence-corrected chi connectivity index (χ0v) is 26.5. The van der Waals surface area contributed by atoms with Crippen molar-refractivity contribution in [1.82, 2.24) is 9.66 Å². The minimum Gasteiger partial charge on any atom is -0.496 e. The van der Waals surface area contributed by atoms with Gasteiger partial charge in [0.15, 0.2) is 5.82 Å². The summed E-state index contributed by atoms with van der Waals surface area (Å²) in [6.45, 7) is 8.58. The molecule has 214 valence electrons. The SMILES string of the molecule is COc1cc(C)c(-c2nc3ccccc3c(=O)n2N=Cc2cc(Cl)cc(Br)c2OCc2cccc(C)c2)cc1C(C)C. The van der Waals surface area contributed by atoms with Gasteiger partial charge in [-0.3, -0.25) is 4.79 Å². The number of para-hydroxylation sites is 1. The molecular weight excluding hydrogens is 614 g/mol. The van der Waals surface area contributed by atoms with Crippen LogP contribution in [0.1, 0.15) is 47.6 Å². The highest BCUT2D eigenvalue weighted by Crippen LogP contribution is 2.35. The molecule has 0 saturated heterocycles. The molecule has 0 atom stereocenters. The molecule has 0 bridgehead atoms. The van der Waals surface area contributed by atoms with Crippen LogP contribution in [-0.4, -0.2) is 23.0 Å². The highest BCUT2D eigenvalue weighted by atomic mass is 79.9. The standard InChI is InChI=1S/C34H31BrClN3O3/c1-20(2)27-17-28(22(4)14-31(27)41-5)33-38-30-12-7-6-11-26(30)34(40)39(33)37-18-24-15-25(36)16-29(35)32(24)42-19-23-10-8-9-21(3)13-23/h6-18,20H,19H2,1-5H3. The molecule has 5 aromatic rings. The van der Waals surface area contributed by atoms with E-state index in [1.807, 2.05) is 62.4 Å². The van der Waals surface area contributed by atoms with E-state index in [0.29, 0.717) is 44.1 Å². The summed E-state index contributed by atoms with van der Waals surface area (Å²) in [6, 6.07) is 23.0. The number of rotatable bonds is 8. The molecule has 0 spiro atoms. The van der Waals surface area contributed by atoms with E-state index in [4.69, 9.17) is 31.2 Å². The summed E-state index contributed by atoms with van der Waals surface area (Å²) in [5.41, 5.74) is 5.84. The third-order valence-electron chi connectivity index (χ3n) is 7.01. The average molecular weight is 645 g/mol. The number of aryl methyl sites for hydroxylation is 2. The van der Waals surface area contributed by atoms with Gasteiger partial charge in [-0.25, -0.2) is 4.98 Å². The van der Waals surface area contributed by atoms with Gasteiger partial charge in [-0.15, -0.1) is 0 Å². The normalized spacial score (nSPS) is 11.5.